The number of nitrogens with zero attached hydrogens (tertiary/aromatic N) is 1. The molecule has 0 saturated heterocycles. The van der Waals surface area contributed by atoms with Gasteiger partial charge in [0.2, 0.25) is 6.79 Å². The number of ether oxygens (including phenoxy) is 2. The number of nitrogens with one attached hydrogen (secondary N) is 2. The molecule has 0 aliphatic carbocycles. The van der Waals surface area contributed by atoms with E-state index < -0.39 is 17.6 Å². The van der Waals surface area contributed by atoms with Gasteiger partial charge < -0.3 is 20.1 Å². The molecule has 41 heavy (non-hydrogen) atoms. The fourth-order valence-electron chi connectivity index (χ4n) is 4.29. The van der Waals surface area contributed by atoms with Crippen molar-refractivity contribution in [1.82, 2.24) is 0 Å². The second-order valence-electron chi connectivity index (χ2n) is 9.27. The summed E-state index contributed by atoms with van der Waals surface area (Å²) in [5.74, 6) is -0.759. The summed E-state index contributed by atoms with van der Waals surface area (Å²) < 4.78 is 24.2. The number of fused-ring (bicyclic) bond motifs is 1. The topological polar surface area (TPSA) is 97.0 Å². The Hall–Kier alpha value is -5.09. The van der Waals surface area contributed by atoms with E-state index in [0.29, 0.717) is 33.3 Å². The first-order chi connectivity index (χ1) is 19.9. The van der Waals surface area contributed by atoms with Gasteiger partial charge >= 0.3 is 0 Å². The van der Waals surface area contributed by atoms with Crippen molar-refractivity contribution < 1.29 is 28.2 Å². The summed E-state index contributed by atoms with van der Waals surface area (Å²) in [5.41, 5.74) is 3.04. The standard InChI is InChI=1S/C31H22FN3O5S/c1-18-2-7-21(8-3-18)33-27-28(31(38)35(30(27)37)23-11-5-20(32)6-12-23)41-24-13-9-22(10-14-24)34-29(36)19-4-15-25-26(16-19)40-17-39-25/h2-16,33H,17H2,1H3,(H,34,36). The SMILES string of the molecule is Cc1ccc(NC2=C(Sc3ccc(NC(=O)c4ccc5c(c4)OCO5)cc3)C(=O)N(c3ccc(F)cc3)C2=O)cc1. The van der Waals surface area contributed by atoms with E-state index in [9.17, 15) is 18.8 Å². The van der Waals surface area contributed by atoms with Crippen molar-refractivity contribution in [1.29, 1.82) is 0 Å². The van der Waals surface area contributed by atoms with Crippen LogP contribution >= 0.6 is 11.8 Å². The summed E-state index contributed by atoms with van der Waals surface area (Å²) in [6.07, 6.45) is 0. The number of aryl methyl sites for hydroxylation is 1. The van der Waals surface area contributed by atoms with Crippen LogP contribution in [0.25, 0.3) is 0 Å². The molecule has 2 aliphatic rings. The Morgan fingerprint density at radius 3 is 2.24 bits per heavy atom. The summed E-state index contributed by atoms with van der Waals surface area (Å²) in [7, 11) is 0. The van der Waals surface area contributed by atoms with Crippen LogP contribution in [0.15, 0.2) is 106 Å². The van der Waals surface area contributed by atoms with Gasteiger partial charge in [-0.2, -0.15) is 0 Å². The van der Waals surface area contributed by atoms with Gasteiger partial charge in [-0.15, -0.1) is 0 Å². The molecule has 0 bridgehead atoms. The van der Waals surface area contributed by atoms with Crippen molar-refractivity contribution in [2.45, 2.75) is 11.8 Å². The van der Waals surface area contributed by atoms with Crippen LogP contribution in [-0.2, 0) is 9.59 Å². The number of benzene rings is 4. The maximum atomic E-state index is 13.5. The van der Waals surface area contributed by atoms with Gasteiger partial charge in [-0.25, -0.2) is 9.29 Å². The molecule has 0 saturated carbocycles. The van der Waals surface area contributed by atoms with Crippen LogP contribution in [0, 0.1) is 12.7 Å². The third kappa shape index (κ3) is 5.37. The molecule has 4 aromatic carbocycles. The van der Waals surface area contributed by atoms with E-state index in [2.05, 4.69) is 10.6 Å². The zero-order valence-corrected chi connectivity index (χ0v) is 22.5. The second kappa shape index (κ2) is 10.8. The Bertz CT molecular complexity index is 1700. The predicted octanol–water partition coefficient (Wildman–Crippen LogP) is 6.10. The second-order valence-corrected chi connectivity index (χ2v) is 10.3. The van der Waals surface area contributed by atoms with Gasteiger partial charge in [-0.1, -0.05) is 29.5 Å². The molecule has 0 aromatic heterocycles. The van der Waals surface area contributed by atoms with Crippen LogP contribution in [0.4, 0.5) is 21.5 Å². The number of thioether (sulfide) groups is 1. The van der Waals surface area contributed by atoms with Crippen molar-refractivity contribution in [3.63, 3.8) is 0 Å². The Labute approximate surface area is 238 Å². The Balaban J connectivity index is 1.23. The quantitative estimate of drug-likeness (QED) is 0.260. The molecule has 8 nitrogen and oxygen atoms in total. The van der Waals surface area contributed by atoms with Gasteiger partial charge in [0.15, 0.2) is 11.5 Å². The summed E-state index contributed by atoms with van der Waals surface area (Å²) in [6, 6.07) is 24.5. The Kier molecular flexibility index (Phi) is 6.90. The molecule has 0 atom stereocenters. The number of imide groups is 1. The highest BCUT2D eigenvalue weighted by molar-refractivity contribution is 8.04. The molecule has 0 spiro atoms. The molecule has 0 fully saturated rings. The molecule has 6 rings (SSSR count). The Morgan fingerprint density at radius 2 is 1.51 bits per heavy atom. The van der Waals surface area contributed by atoms with Crippen molar-refractivity contribution >= 4 is 46.5 Å². The van der Waals surface area contributed by atoms with Gasteiger partial charge in [0, 0.05) is 21.8 Å². The molecular weight excluding hydrogens is 545 g/mol. The smallest absolute Gasteiger partial charge is 0.283 e. The Morgan fingerprint density at radius 1 is 0.829 bits per heavy atom. The molecular formula is C31H22FN3O5S. The van der Waals surface area contributed by atoms with E-state index in [1.807, 2.05) is 31.2 Å². The highest BCUT2D eigenvalue weighted by atomic mass is 32.2. The van der Waals surface area contributed by atoms with Crippen LogP contribution in [0.5, 0.6) is 11.5 Å². The van der Waals surface area contributed by atoms with E-state index in [1.165, 1.54) is 24.3 Å². The third-order valence-electron chi connectivity index (χ3n) is 6.41. The average Bonchev–Trinajstić information content (AvgIpc) is 3.54. The minimum Gasteiger partial charge on any atom is -0.454 e. The first-order valence-electron chi connectivity index (χ1n) is 12.6. The summed E-state index contributed by atoms with van der Waals surface area (Å²) >= 11 is 1.12. The van der Waals surface area contributed by atoms with Crippen molar-refractivity contribution in [2.75, 3.05) is 22.3 Å². The van der Waals surface area contributed by atoms with Crippen molar-refractivity contribution in [3.05, 3.63) is 119 Å². The van der Waals surface area contributed by atoms with Crippen LogP contribution in [-0.4, -0.2) is 24.5 Å². The minimum atomic E-state index is -0.544. The molecule has 10 heteroatoms. The number of halogens is 1. The zero-order chi connectivity index (χ0) is 28.5. The van der Waals surface area contributed by atoms with E-state index >= 15 is 0 Å². The summed E-state index contributed by atoms with van der Waals surface area (Å²) in [6.45, 7) is 2.07. The molecule has 2 aliphatic heterocycles. The molecule has 3 amide bonds. The van der Waals surface area contributed by atoms with E-state index in [4.69, 9.17) is 9.47 Å². The van der Waals surface area contributed by atoms with E-state index in [-0.39, 0.29) is 29.0 Å². The number of anilines is 3. The van der Waals surface area contributed by atoms with Crippen molar-refractivity contribution in [2.24, 2.45) is 0 Å². The molecule has 0 radical (unpaired) electrons. The van der Waals surface area contributed by atoms with Crippen LogP contribution in [0.2, 0.25) is 0 Å². The van der Waals surface area contributed by atoms with E-state index in [1.54, 1.807) is 42.5 Å². The number of carbonyl (C=O) groups excluding carboxylic acids is 3. The predicted molar refractivity (Wildman–Crippen MR) is 154 cm³/mol. The number of rotatable bonds is 7. The van der Waals surface area contributed by atoms with Gasteiger partial charge in [-0.05, 0) is 85.8 Å². The molecule has 204 valence electrons. The van der Waals surface area contributed by atoms with Crippen molar-refractivity contribution in [3.8, 4) is 11.5 Å². The number of amides is 3. The molecule has 0 unspecified atom stereocenters. The van der Waals surface area contributed by atoms with Gasteiger partial charge in [0.1, 0.15) is 16.4 Å². The van der Waals surface area contributed by atoms with Crippen LogP contribution in [0.1, 0.15) is 15.9 Å². The molecule has 2 heterocycles. The maximum Gasteiger partial charge on any atom is 0.283 e. The fraction of sp³-hybridized carbons (Fsp3) is 0.0645. The van der Waals surface area contributed by atoms with Gasteiger partial charge in [0.05, 0.1) is 5.69 Å². The number of hydrogen-bond donors (Lipinski definition) is 2. The lowest BCUT2D eigenvalue weighted by Gasteiger charge is -2.15. The third-order valence-corrected chi connectivity index (χ3v) is 7.50. The normalized spacial score (nSPS) is 14.0. The number of hydrogen-bond acceptors (Lipinski definition) is 7. The first-order valence-corrected chi connectivity index (χ1v) is 13.4. The summed E-state index contributed by atoms with van der Waals surface area (Å²) in [4.78, 5) is 41.6. The molecule has 4 aromatic rings. The summed E-state index contributed by atoms with van der Waals surface area (Å²) in [5, 5.41) is 5.94. The van der Waals surface area contributed by atoms with Crippen LogP contribution in [0.3, 0.4) is 0 Å². The fourth-order valence-corrected chi connectivity index (χ4v) is 5.21. The highest BCUT2D eigenvalue weighted by Crippen LogP contribution is 2.38. The highest BCUT2D eigenvalue weighted by Gasteiger charge is 2.40. The lowest BCUT2D eigenvalue weighted by Crippen LogP contribution is -2.32. The maximum absolute atomic E-state index is 13.5. The average molecular weight is 568 g/mol. The zero-order valence-electron chi connectivity index (χ0n) is 21.6. The van der Waals surface area contributed by atoms with Gasteiger partial charge in [-0.3, -0.25) is 14.4 Å². The largest absolute Gasteiger partial charge is 0.454 e. The van der Waals surface area contributed by atoms with E-state index in [0.717, 1.165) is 22.2 Å². The minimum absolute atomic E-state index is 0.119. The van der Waals surface area contributed by atoms with Crippen LogP contribution < -0.4 is 25.0 Å². The molecule has 2 N–H and O–H groups in total. The number of carbonyl (C=O) groups is 3. The lowest BCUT2D eigenvalue weighted by atomic mass is 10.2. The first kappa shape index (κ1) is 26.1. The van der Waals surface area contributed by atoms with Gasteiger partial charge in [0.25, 0.3) is 17.7 Å². The monoisotopic (exact) mass is 567 g/mol. The lowest BCUT2D eigenvalue weighted by molar-refractivity contribution is -0.120.